The first kappa shape index (κ1) is 19.0. The van der Waals surface area contributed by atoms with Gasteiger partial charge in [0.2, 0.25) is 11.8 Å². The van der Waals surface area contributed by atoms with Gasteiger partial charge >= 0.3 is 0 Å². The van der Waals surface area contributed by atoms with Gasteiger partial charge in [-0.2, -0.15) is 0 Å². The van der Waals surface area contributed by atoms with Crippen LogP contribution in [0.2, 0.25) is 0 Å². The molecule has 2 saturated carbocycles. The average molecular weight is 370 g/mol. The molecule has 2 aliphatic heterocycles. The molecule has 4 fully saturated rings. The van der Waals surface area contributed by atoms with Crippen LogP contribution >= 0.6 is 12.4 Å². The molecule has 0 aromatic heterocycles. The van der Waals surface area contributed by atoms with E-state index in [9.17, 15) is 9.59 Å². The van der Waals surface area contributed by atoms with E-state index in [2.05, 4.69) is 15.5 Å². The quantitative estimate of drug-likeness (QED) is 0.799. The van der Waals surface area contributed by atoms with Gasteiger partial charge in [0, 0.05) is 44.1 Å². The monoisotopic (exact) mass is 369 g/mol. The molecule has 2 heterocycles. The van der Waals surface area contributed by atoms with Crippen LogP contribution in [-0.2, 0) is 9.59 Å². The van der Waals surface area contributed by atoms with Crippen LogP contribution in [0.15, 0.2) is 0 Å². The number of nitrogens with zero attached hydrogens (tertiary/aromatic N) is 1. The second-order valence-electron chi connectivity index (χ2n) is 8.46. The number of hydrogen-bond acceptors (Lipinski definition) is 3. The van der Waals surface area contributed by atoms with Crippen molar-refractivity contribution in [2.45, 2.75) is 57.4 Å². The number of halogens is 1. The molecule has 2 atom stereocenters. The molecular weight excluding hydrogens is 338 g/mol. The van der Waals surface area contributed by atoms with E-state index in [0.717, 1.165) is 64.7 Å². The average Bonchev–Trinajstić information content (AvgIpc) is 3.31. The topological polar surface area (TPSA) is 61.4 Å². The van der Waals surface area contributed by atoms with Crippen molar-refractivity contribution in [1.82, 2.24) is 15.5 Å². The van der Waals surface area contributed by atoms with E-state index in [1.807, 2.05) is 0 Å². The first-order chi connectivity index (χ1) is 11.7. The van der Waals surface area contributed by atoms with Crippen LogP contribution in [0.4, 0.5) is 0 Å². The van der Waals surface area contributed by atoms with Crippen molar-refractivity contribution in [3.05, 3.63) is 0 Å². The molecule has 4 rings (SSSR count). The van der Waals surface area contributed by atoms with E-state index in [0.29, 0.717) is 23.8 Å². The van der Waals surface area contributed by atoms with Crippen molar-refractivity contribution >= 4 is 24.2 Å². The number of hydrogen-bond donors (Lipinski definition) is 2. The number of carbonyl (C=O) groups is 2. The van der Waals surface area contributed by atoms with Crippen molar-refractivity contribution in [1.29, 1.82) is 0 Å². The number of rotatable bonds is 3. The van der Waals surface area contributed by atoms with Crippen molar-refractivity contribution in [2.24, 2.45) is 23.7 Å². The molecule has 25 heavy (non-hydrogen) atoms. The van der Waals surface area contributed by atoms with Crippen LogP contribution in [0.25, 0.3) is 0 Å². The smallest absolute Gasteiger partial charge is 0.225 e. The fraction of sp³-hybridized carbons (Fsp3) is 0.895. The molecule has 142 valence electrons. The Kier molecular flexibility index (Phi) is 6.26. The fourth-order valence-corrected chi connectivity index (χ4v) is 5.29. The van der Waals surface area contributed by atoms with Crippen LogP contribution in [0.5, 0.6) is 0 Å². The Morgan fingerprint density at radius 1 is 0.840 bits per heavy atom. The number of likely N-dealkylation sites (tertiary alicyclic amines) is 1. The second kappa shape index (κ2) is 8.26. The molecule has 0 aromatic rings. The molecule has 0 unspecified atom stereocenters. The van der Waals surface area contributed by atoms with Gasteiger partial charge in [0.25, 0.3) is 0 Å². The molecule has 2 saturated heterocycles. The summed E-state index contributed by atoms with van der Waals surface area (Å²) in [6.45, 7) is 4.06. The molecule has 0 spiro atoms. The van der Waals surface area contributed by atoms with Gasteiger partial charge in [-0.1, -0.05) is 12.8 Å². The van der Waals surface area contributed by atoms with E-state index in [1.54, 1.807) is 0 Å². The third-order valence-corrected chi connectivity index (χ3v) is 6.85. The maximum Gasteiger partial charge on any atom is 0.225 e. The van der Waals surface area contributed by atoms with Crippen molar-refractivity contribution in [3.63, 3.8) is 0 Å². The lowest BCUT2D eigenvalue weighted by atomic mass is 9.85. The van der Waals surface area contributed by atoms with Crippen LogP contribution in [0.1, 0.15) is 51.4 Å². The van der Waals surface area contributed by atoms with Gasteiger partial charge in [0.05, 0.1) is 0 Å². The third kappa shape index (κ3) is 4.13. The number of amides is 2. The van der Waals surface area contributed by atoms with Crippen molar-refractivity contribution in [2.75, 3.05) is 26.2 Å². The molecule has 6 heteroatoms. The first-order valence-electron chi connectivity index (χ1n) is 10.0. The van der Waals surface area contributed by atoms with Crippen LogP contribution in [0, 0.1) is 23.7 Å². The van der Waals surface area contributed by atoms with Gasteiger partial charge in [0.1, 0.15) is 0 Å². The van der Waals surface area contributed by atoms with Gasteiger partial charge < -0.3 is 15.5 Å². The highest BCUT2D eigenvalue weighted by Crippen LogP contribution is 2.32. The lowest BCUT2D eigenvalue weighted by Gasteiger charge is -2.31. The van der Waals surface area contributed by atoms with Crippen LogP contribution in [-0.4, -0.2) is 48.9 Å². The minimum atomic E-state index is 0. The zero-order valence-electron chi connectivity index (χ0n) is 15.0. The van der Waals surface area contributed by atoms with Gasteiger partial charge in [-0.15, -0.1) is 12.4 Å². The molecule has 0 radical (unpaired) electrons. The SMILES string of the molecule is Cl.O=C(NC1CCC(C(=O)N2C[C@H]3CNC[C@H]3C2)CC1)C1CCCC1. The van der Waals surface area contributed by atoms with Gasteiger partial charge in [-0.05, 0) is 50.4 Å². The van der Waals surface area contributed by atoms with E-state index < -0.39 is 0 Å². The van der Waals surface area contributed by atoms with Crippen LogP contribution in [0.3, 0.4) is 0 Å². The molecule has 2 N–H and O–H groups in total. The zero-order chi connectivity index (χ0) is 16.5. The van der Waals surface area contributed by atoms with E-state index in [4.69, 9.17) is 0 Å². The van der Waals surface area contributed by atoms with Crippen molar-refractivity contribution < 1.29 is 9.59 Å². The summed E-state index contributed by atoms with van der Waals surface area (Å²) in [5.74, 6) is 2.44. The Bertz CT molecular complexity index is 475. The van der Waals surface area contributed by atoms with Gasteiger partial charge in [-0.3, -0.25) is 9.59 Å². The zero-order valence-corrected chi connectivity index (χ0v) is 15.9. The summed E-state index contributed by atoms with van der Waals surface area (Å²) in [7, 11) is 0. The minimum Gasteiger partial charge on any atom is -0.353 e. The normalized spacial score (nSPS) is 35.3. The number of fused-ring (bicyclic) bond motifs is 1. The summed E-state index contributed by atoms with van der Waals surface area (Å²) in [4.78, 5) is 27.2. The summed E-state index contributed by atoms with van der Waals surface area (Å²) < 4.78 is 0. The predicted molar refractivity (Wildman–Crippen MR) is 99.5 cm³/mol. The van der Waals surface area contributed by atoms with E-state index in [-0.39, 0.29) is 30.2 Å². The second-order valence-corrected chi connectivity index (χ2v) is 8.46. The highest BCUT2D eigenvalue weighted by molar-refractivity contribution is 5.85. The maximum atomic E-state index is 12.8. The summed E-state index contributed by atoms with van der Waals surface area (Å²) in [6.07, 6.45) is 8.35. The number of carbonyl (C=O) groups excluding carboxylic acids is 2. The Balaban J connectivity index is 0.00000182. The maximum absolute atomic E-state index is 12.8. The largest absolute Gasteiger partial charge is 0.353 e. The predicted octanol–water partition coefficient (Wildman–Crippen LogP) is 1.95. The highest BCUT2D eigenvalue weighted by atomic mass is 35.5. The van der Waals surface area contributed by atoms with Gasteiger partial charge in [-0.25, -0.2) is 0 Å². The fourth-order valence-electron chi connectivity index (χ4n) is 5.29. The Hall–Kier alpha value is -0.810. The Morgan fingerprint density at radius 2 is 1.44 bits per heavy atom. The van der Waals surface area contributed by atoms with E-state index >= 15 is 0 Å². The minimum absolute atomic E-state index is 0. The number of nitrogens with one attached hydrogen (secondary N) is 2. The third-order valence-electron chi connectivity index (χ3n) is 6.85. The summed E-state index contributed by atoms with van der Waals surface area (Å²) >= 11 is 0. The molecule has 5 nitrogen and oxygen atoms in total. The molecule has 2 aliphatic carbocycles. The molecule has 0 aromatic carbocycles. The van der Waals surface area contributed by atoms with E-state index in [1.165, 1.54) is 12.8 Å². The highest BCUT2D eigenvalue weighted by Gasteiger charge is 2.40. The van der Waals surface area contributed by atoms with Crippen molar-refractivity contribution in [3.8, 4) is 0 Å². The summed E-state index contributed by atoms with van der Waals surface area (Å²) in [6, 6.07) is 0.296. The lowest BCUT2D eigenvalue weighted by Crippen LogP contribution is -2.43. The Morgan fingerprint density at radius 3 is 2.04 bits per heavy atom. The van der Waals surface area contributed by atoms with Crippen LogP contribution < -0.4 is 10.6 Å². The Labute approximate surface area is 157 Å². The first-order valence-corrected chi connectivity index (χ1v) is 10.0. The lowest BCUT2D eigenvalue weighted by molar-refractivity contribution is -0.136. The molecule has 2 amide bonds. The molecule has 4 aliphatic rings. The summed E-state index contributed by atoms with van der Waals surface area (Å²) in [5.41, 5.74) is 0. The molecular formula is C19H32ClN3O2. The standard InChI is InChI=1S/C19H31N3O2.ClH/c23-18(13-3-1-2-4-13)21-17-7-5-14(6-8-17)19(24)22-11-15-9-20-10-16(15)12-22;/h13-17,20H,1-12H2,(H,21,23);1H/t14?,15-,16+,17?;. The van der Waals surface area contributed by atoms with Gasteiger partial charge in [0.15, 0.2) is 0 Å². The summed E-state index contributed by atoms with van der Waals surface area (Å²) in [5, 5.41) is 6.68. The molecule has 0 bridgehead atoms.